The first kappa shape index (κ1) is 16.1. The van der Waals surface area contributed by atoms with Gasteiger partial charge < -0.3 is 14.2 Å². The summed E-state index contributed by atoms with van der Waals surface area (Å²) in [7, 11) is 0. The van der Waals surface area contributed by atoms with Crippen LogP contribution in [0.2, 0.25) is 0 Å². The van der Waals surface area contributed by atoms with Gasteiger partial charge in [0.15, 0.2) is 0 Å². The zero-order valence-corrected chi connectivity index (χ0v) is 14.2. The number of benzene rings is 2. The van der Waals surface area contributed by atoms with Crippen LogP contribution in [0.4, 0.5) is 0 Å². The molecule has 2 aromatic rings. The third-order valence-electron chi connectivity index (χ3n) is 4.60. The van der Waals surface area contributed by atoms with Crippen molar-refractivity contribution in [3.63, 3.8) is 0 Å². The lowest BCUT2D eigenvalue weighted by atomic mass is 10.0. The first-order valence-electron chi connectivity index (χ1n) is 8.67. The molecule has 3 nitrogen and oxygen atoms in total. The molecule has 2 heterocycles. The highest BCUT2D eigenvalue weighted by Gasteiger charge is 2.24. The monoisotopic (exact) mass is 334 g/mol. The molecule has 25 heavy (non-hydrogen) atoms. The fourth-order valence-corrected chi connectivity index (χ4v) is 3.04. The minimum absolute atomic E-state index is 0.339. The molecule has 0 radical (unpaired) electrons. The van der Waals surface area contributed by atoms with Gasteiger partial charge in [-0.2, -0.15) is 0 Å². The molecule has 2 aromatic carbocycles. The Kier molecular flexibility index (Phi) is 4.43. The lowest BCUT2D eigenvalue weighted by Crippen LogP contribution is -1.98. The average Bonchev–Trinajstić information content (AvgIpc) is 3.52. The van der Waals surface area contributed by atoms with E-state index in [1.807, 2.05) is 24.3 Å². The van der Waals surface area contributed by atoms with Crippen LogP contribution in [0.15, 0.2) is 49.6 Å². The van der Waals surface area contributed by atoms with Gasteiger partial charge in [0, 0.05) is 12.8 Å². The molecule has 3 heteroatoms. The van der Waals surface area contributed by atoms with Crippen molar-refractivity contribution in [2.45, 2.75) is 25.0 Å². The molecule has 2 saturated heterocycles. The molecule has 0 spiro atoms. The molecule has 2 fully saturated rings. The fraction of sp³-hybridized carbons (Fsp3) is 0.273. The van der Waals surface area contributed by atoms with Gasteiger partial charge in [-0.1, -0.05) is 37.4 Å². The minimum Gasteiger partial charge on any atom is -0.457 e. The molecule has 2 unspecified atom stereocenters. The Morgan fingerprint density at radius 1 is 0.840 bits per heavy atom. The van der Waals surface area contributed by atoms with Crippen LogP contribution in [0.3, 0.4) is 0 Å². The van der Waals surface area contributed by atoms with E-state index < -0.39 is 0 Å². The Morgan fingerprint density at radius 3 is 1.64 bits per heavy atom. The van der Waals surface area contributed by atoms with Crippen LogP contribution in [0.25, 0.3) is 12.2 Å². The van der Waals surface area contributed by atoms with Gasteiger partial charge in [-0.25, -0.2) is 0 Å². The Balaban J connectivity index is 1.56. The highest BCUT2D eigenvalue weighted by Crippen LogP contribution is 2.30. The summed E-state index contributed by atoms with van der Waals surface area (Å²) >= 11 is 0. The van der Waals surface area contributed by atoms with Crippen molar-refractivity contribution in [1.82, 2.24) is 0 Å². The second-order valence-corrected chi connectivity index (χ2v) is 6.55. The van der Waals surface area contributed by atoms with E-state index in [-0.39, 0.29) is 0 Å². The number of hydrogen-bond acceptors (Lipinski definition) is 3. The second kappa shape index (κ2) is 6.87. The number of rotatable bonds is 8. The largest absolute Gasteiger partial charge is 0.457 e. The van der Waals surface area contributed by atoms with E-state index in [0.29, 0.717) is 12.2 Å². The van der Waals surface area contributed by atoms with Crippen LogP contribution < -0.4 is 4.74 Å². The van der Waals surface area contributed by atoms with Crippen molar-refractivity contribution in [2.75, 3.05) is 13.2 Å². The molecular weight excluding hydrogens is 312 g/mol. The maximum atomic E-state index is 6.11. The van der Waals surface area contributed by atoms with E-state index in [1.165, 1.54) is 11.1 Å². The van der Waals surface area contributed by atoms with Crippen LogP contribution >= 0.6 is 0 Å². The van der Waals surface area contributed by atoms with Gasteiger partial charge in [0.1, 0.15) is 11.5 Å². The van der Waals surface area contributed by atoms with Gasteiger partial charge in [0.25, 0.3) is 0 Å². The molecule has 0 amide bonds. The molecule has 2 aliphatic heterocycles. The van der Waals surface area contributed by atoms with E-state index in [1.54, 1.807) is 0 Å². The van der Waals surface area contributed by atoms with Crippen LogP contribution in [0.5, 0.6) is 11.5 Å². The van der Waals surface area contributed by atoms with E-state index in [2.05, 4.69) is 37.4 Å². The average molecular weight is 334 g/mol. The summed E-state index contributed by atoms with van der Waals surface area (Å²) in [5.41, 5.74) is 4.70. The topological polar surface area (TPSA) is 34.3 Å². The standard InChI is InChI=1S/C22H22O3/c1-3-15-5-7-19(9-17(15)11-21-13-23-21)25-20-8-6-16(4-2)18(10-20)12-22-14-24-22/h3-10,21-22H,1-2,11-14H2. The van der Waals surface area contributed by atoms with E-state index in [9.17, 15) is 0 Å². The van der Waals surface area contributed by atoms with Gasteiger partial charge in [-0.3, -0.25) is 0 Å². The first-order chi connectivity index (χ1) is 12.2. The lowest BCUT2D eigenvalue weighted by molar-refractivity contribution is 0.407. The van der Waals surface area contributed by atoms with Crippen LogP contribution in [-0.2, 0) is 22.3 Å². The molecule has 0 bridgehead atoms. The molecule has 4 rings (SSSR count). The second-order valence-electron chi connectivity index (χ2n) is 6.55. The molecule has 2 aliphatic rings. The molecule has 0 N–H and O–H groups in total. The van der Waals surface area contributed by atoms with Gasteiger partial charge in [0.05, 0.1) is 25.4 Å². The highest BCUT2D eigenvalue weighted by atomic mass is 16.6. The van der Waals surface area contributed by atoms with Crippen LogP contribution in [-0.4, -0.2) is 25.4 Å². The van der Waals surface area contributed by atoms with Crippen LogP contribution in [0, 0.1) is 0 Å². The van der Waals surface area contributed by atoms with Crippen molar-refractivity contribution in [3.05, 3.63) is 71.8 Å². The van der Waals surface area contributed by atoms with Crippen molar-refractivity contribution >= 4 is 12.2 Å². The lowest BCUT2D eigenvalue weighted by Gasteiger charge is -2.12. The number of hydrogen-bond donors (Lipinski definition) is 0. The molecule has 0 aromatic heterocycles. The Morgan fingerprint density at radius 2 is 1.28 bits per heavy atom. The summed E-state index contributed by atoms with van der Waals surface area (Å²) in [5.74, 6) is 1.67. The molecule has 2 atom stereocenters. The van der Waals surface area contributed by atoms with Crippen LogP contribution in [0.1, 0.15) is 22.3 Å². The summed E-state index contributed by atoms with van der Waals surface area (Å²) in [6.45, 7) is 9.48. The third-order valence-corrected chi connectivity index (χ3v) is 4.60. The van der Waals surface area contributed by atoms with Crippen molar-refractivity contribution in [3.8, 4) is 11.5 Å². The summed E-state index contributed by atoms with van der Waals surface area (Å²) in [6.07, 6.45) is 6.25. The molecular formula is C22H22O3. The van der Waals surface area contributed by atoms with E-state index >= 15 is 0 Å². The summed E-state index contributed by atoms with van der Waals surface area (Å²) in [6, 6.07) is 12.3. The predicted molar refractivity (Wildman–Crippen MR) is 100 cm³/mol. The quantitative estimate of drug-likeness (QED) is 0.659. The number of epoxide rings is 2. The zero-order valence-electron chi connectivity index (χ0n) is 14.2. The molecule has 128 valence electrons. The Labute approximate surface area is 148 Å². The maximum Gasteiger partial charge on any atom is 0.127 e. The van der Waals surface area contributed by atoms with Gasteiger partial charge >= 0.3 is 0 Å². The summed E-state index contributed by atoms with van der Waals surface area (Å²) in [5, 5.41) is 0. The van der Waals surface area contributed by atoms with Crippen molar-refractivity contribution < 1.29 is 14.2 Å². The number of ether oxygens (including phenoxy) is 3. The first-order valence-corrected chi connectivity index (χ1v) is 8.67. The van der Waals surface area contributed by atoms with Crippen molar-refractivity contribution in [2.24, 2.45) is 0 Å². The zero-order chi connectivity index (χ0) is 17.2. The third kappa shape index (κ3) is 4.01. The smallest absolute Gasteiger partial charge is 0.127 e. The predicted octanol–water partition coefficient (Wildman–Crippen LogP) is 4.65. The molecule has 0 aliphatic carbocycles. The SMILES string of the molecule is C=Cc1ccc(Oc2ccc(C=C)c(CC3CO3)c2)cc1CC1CO1. The summed E-state index contributed by atoms with van der Waals surface area (Å²) in [4.78, 5) is 0. The van der Waals surface area contributed by atoms with E-state index in [4.69, 9.17) is 14.2 Å². The maximum absolute atomic E-state index is 6.11. The van der Waals surface area contributed by atoms with Gasteiger partial charge in [-0.05, 0) is 46.5 Å². The highest BCUT2D eigenvalue weighted by molar-refractivity contribution is 5.56. The summed E-state index contributed by atoms with van der Waals surface area (Å²) < 4.78 is 16.8. The Hall–Kier alpha value is -2.36. The van der Waals surface area contributed by atoms with Gasteiger partial charge in [-0.15, -0.1) is 0 Å². The van der Waals surface area contributed by atoms with E-state index in [0.717, 1.165) is 48.7 Å². The normalized spacial score (nSPS) is 20.8. The molecule has 0 saturated carbocycles. The van der Waals surface area contributed by atoms with Gasteiger partial charge in [0.2, 0.25) is 0 Å². The fourth-order valence-electron chi connectivity index (χ4n) is 3.04. The Bertz CT molecular complexity index is 733. The minimum atomic E-state index is 0.339. The van der Waals surface area contributed by atoms with Crippen molar-refractivity contribution in [1.29, 1.82) is 0 Å².